The van der Waals surface area contributed by atoms with Gasteiger partial charge in [-0.1, -0.05) is 0 Å². The van der Waals surface area contributed by atoms with E-state index in [2.05, 4.69) is 10.6 Å². The topological polar surface area (TPSA) is 188 Å². The molecule has 0 spiro atoms. The number of nitrogens with one attached hydrogen (secondary N) is 2. The first-order valence-electron chi connectivity index (χ1n) is 9.89. The second kappa shape index (κ2) is 9.74. The normalized spacial score (nSPS) is 10.3. The molecule has 0 unspecified atom stereocenters. The summed E-state index contributed by atoms with van der Waals surface area (Å²) >= 11 is 0. The summed E-state index contributed by atoms with van der Waals surface area (Å²) in [6.45, 7) is 2.93. The zero-order valence-corrected chi connectivity index (χ0v) is 18.3. The summed E-state index contributed by atoms with van der Waals surface area (Å²) in [6, 6.07) is 11.0. The third kappa shape index (κ3) is 5.42. The molecule has 3 aromatic carbocycles. The minimum atomic E-state index is -0.749. The highest BCUT2D eigenvalue weighted by atomic mass is 16.6. The van der Waals surface area contributed by atoms with Crippen molar-refractivity contribution in [3.8, 4) is 0 Å². The second-order valence-corrected chi connectivity index (χ2v) is 7.41. The number of carbonyl (C=O) groups excluding carboxylic acids is 2. The van der Waals surface area contributed by atoms with Crippen LogP contribution in [0.2, 0.25) is 0 Å². The lowest BCUT2D eigenvalue weighted by Gasteiger charge is -2.10. The smallest absolute Gasteiger partial charge is 0.292 e. The van der Waals surface area contributed by atoms with Crippen molar-refractivity contribution >= 4 is 40.3 Å². The fourth-order valence-corrected chi connectivity index (χ4v) is 3.27. The van der Waals surface area contributed by atoms with Gasteiger partial charge in [-0.15, -0.1) is 0 Å². The maximum absolute atomic E-state index is 12.7. The van der Waals surface area contributed by atoms with E-state index in [4.69, 9.17) is 0 Å². The van der Waals surface area contributed by atoms with Crippen molar-refractivity contribution in [1.82, 2.24) is 0 Å². The third-order valence-corrected chi connectivity index (χ3v) is 5.01. The average molecular weight is 479 g/mol. The largest absolute Gasteiger partial charge is 0.322 e. The standard InChI is InChI=1S/C22H17N5O8/c1-12-9-14(3-6-18(12)25(30)31)21(28)23-16-5-8-20(27(34)35)17(11-16)24-22(29)15-4-7-19(26(32)33)13(2)10-15/h3-11H,1-2H3,(H,23,28)(H,24,29). The predicted octanol–water partition coefficient (Wildman–Crippen LogP) is 4.53. The van der Waals surface area contributed by atoms with Crippen LogP contribution in [0.25, 0.3) is 0 Å². The molecule has 0 fully saturated rings. The van der Waals surface area contributed by atoms with Crippen molar-refractivity contribution < 1.29 is 24.4 Å². The number of nitrogens with zero attached hydrogens (tertiary/aromatic N) is 3. The van der Waals surface area contributed by atoms with Gasteiger partial charge >= 0.3 is 0 Å². The number of nitro benzene ring substituents is 3. The number of hydrogen-bond donors (Lipinski definition) is 2. The first kappa shape index (κ1) is 24.4. The molecule has 0 saturated heterocycles. The first-order valence-corrected chi connectivity index (χ1v) is 9.89. The van der Waals surface area contributed by atoms with Gasteiger partial charge in [0.1, 0.15) is 5.69 Å². The highest BCUT2D eigenvalue weighted by molar-refractivity contribution is 6.07. The van der Waals surface area contributed by atoms with Crippen molar-refractivity contribution in [2.24, 2.45) is 0 Å². The van der Waals surface area contributed by atoms with Gasteiger partial charge in [0.25, 0.3) is 28.9 Å². The Hall–Kier alpha value is -5.20. The van der Waals surface area contributed by atoms with Crippen molar-refractivity contribution in [1.29, 1.82) is 0 Å². The Morgan fingerprint density at radius 3 is 1.49 bits per heavy atom. The zero-order chi connectivity index (χ0) is 25.9. The van der Waals surface area contributed by atoms with E-state index in [1.54, 1.807) is 0 Å². The maximum Gasteiger partial charge on any atom is 0.292 e. The van der Waals surface area contributed by atoms with Crippen LogP contribution in [0.1, 0.15) is 31.8 Å². The summed E-state index contributed by atoms with van der Waals surface area (Å²) in [5, 5.41) is 38.3. The van der Waals surface area contributed by atoms with Crippen LogP contribution in [0.15, 0.2) is 54.6 Å². The van der Waals surface area contributed by atoms with E-state index in [-0.39, 0.29) is 45.0 Å². The molecule has 0 atom stereocenters. The summed E-state index contributed by atoms with van der Waals surface area (Å²) in [5.74, 6) is -1.37. The van der Waals surface area contributed by atoms with Crippen LogP contribution < -0.4 is 10.6 Å². The van der Waals surface area contributed by atoms with Crippen molar-refractivity contribution in [2.75, 3.05) is 10.6 Å². The minimum Gasteiger partial charge on any atom is -0.322 e. The van der Waals surface area contributed by atoms with Crippen LogP contribution in [-0.4, -0.2) is 26.6 Å². The molecule has 35 heavy (non-hydrogen) atoms. The fraction of sp³-hybridized carbons (Fsp3) is 0.0909. The van der Waals surface area contributed by atoms with Crippen LogP contribution in [-0.2, 0) is 0 Å². The molecule has 13 nitrogen and oxygen atoms in total. The molecule has 13 heteroatoms. The van der Waals surface area contributed by atoms with Gasteiger partial charge in [-0.05, 0) is 50.2 Å². The number of anilines is 2. The number of carbonyl (C=O) groups is 2. The minimum absolute atomic E-state index is 0.0400. The Labute approximate surface area is 196 Å². The van der Waals surface area contributed by atoms with E-state index in [0.29, 0.717) is 0 Å². The molecule has 2 N–H and O–H groups in total. The summed E-state index contributed by atoms with van der Waals surface area (Å²) < 4.78 is 0. The van der Waals surface area contributed by atoms with Crippen molar-refractivity contribution in [3.63, 3.8) is 0 Å². The van der Waals surface area contributed by atoms with Crippen LogP contribution in [0.5, 0.6) is 0 Å². The molecule has 3 rings (SSSR count). The van der Waals surface area contributed by atoms with Gasteiger partial charge in [-0.2, -0.15) is 0 Å². The lowest BCUT2D eigenvalue weighted by atomic mass is 10.1. The Balaban J connectivity index is 1.86. The van der Waals surface area contributed by atoms with E-state index in [0.717, 1.165) is 12.1 Å². The lowest BCUT2D eigenvalue weighted by Crippen LogP contribution is -2.15. The predicted molar refractivity (Wildman–Crippen MR) is 125 cm³/mol. The lowest BCUT2D eigenvalue weighted by molar-refractivity contribution is -0.385. The SMILES string of the molecule is Cc1cc(C(=O)Nc2ccc([N+](=O)[O-])c(NC(=O)c3ccc([N+](=O)[O-])c(C)c3)c2)ccc1[N+](=O)[O-]. The number of amides is 2. The van der Waals surface area contributed by atoms with Crippen LogP contribution in [0.4, 0.5) is 28.4 Å². The molecule has 3 aromatic rings. The first-order chi connectivity index (χ1) is 16.5. The molecule has 178 valence electrons. The number of benzene rings is 3. The highest BCUT2D eigenvalue weighted by Gasteiger charge is 2.20. The molecule has 0 aliphatic rings. The second-order valence-electron chi connectivity index (χ2n) is 7.41. The maximum atomic E-state index is 12.7. The van der Waals surface area contributed by atoms with Crippen LogP contribution in [0, 0.1) is 44.2 Å². The van der Waals surface area contributed by atoms with Gasteiger partial charge in [0, 0.05) is 46.1 Å². The summed E-state index contributed by atoms with van der Waals surface area (Å²) in [5.41, 5.74) is -0.199. The molecule has 0 bridgehead atoms. The van der Waals surface area contributed by atoms with E-state index >= 15 is 0 Å². The Morgan fingerprint density at radius 1 is 0.629 bits per heavy atom. The average Bonchev–Trinajstić information content (AvgIpc) is 2.78. The highest BCUT2D eigenvalue weighted by Crippen LogP contribution is 2.29. The number of hydrogen-bond acceptors (Lipinski definition) is 8. The quantitative estimate of drug-likeness (QED) is 0.365. The fourth-order valence-electron chi connectivity index (χ4n) is 3.27. The molecular formula is C22H17N5O8. The molecule has 0 radical (unpaired) electrons. The third-order valence-electron chi connectivity index (χ3n) is 5.01. The van der Waals surface area contributed by atoms with Crippen molar-refractivity contribution in [2.45, 2.75) is 13.8 Å². The molecule has 0 aliphatic heterocycles. The van der Waals surface area contributed by atoms with E-state index in [9.17, 15) is 39.9 Å². The Kier molecular flexibility index (Phi) is 6.80. The van der Waals surface area contributed by atoms with Gasteiger partial charge in [-0.25, -0.2) is 0 Å². The Bertz CT molecular complexity index is 1400. The van der Waals surface area contributed by atoms with E-state index < -0.39 is 32.3 Å². The molecule has 0 heterocycles. The van der Waals surface area contributed by atoms with Gasteiger partial charge in [0.15, 0.2) is 0 Å². The summed E-state index contributed by atoms with van der Waals surface area (Å²) in [4.78, 5) is 56.7. The van der Waals surface area contributed by atoms with Gasteiger partial charge < -0.3 is 10.6 Å². The van der Waals surface area contributed by atoms with Crippen LogP contribution in [0.3, 0.4) is 0 Å². The van der Waals surface area contributed by atoms with E-state index in [1.165, 1.54) is 56.3 Å². The summed E-state index contributed by atoms with van der Waals surface area (Å²) in [7, 11) is 0. The van der Waals surface area contributed by atoms with Gasteiger partial charge in [-0.3, -0.25) is 39.9 Å². The molecule has 0 aliphatic carbocycles. The molecule has 0 saturated carbocycles. The summed E-state index contributed by atoms with van der Waals surface area (Å²) in [6.07, 6.45) is 0. The number of nitro groups is 3. The molecule has 2 amide bonds. The zero-order valence-electron chi connectivity index (χ0n) is 18.3. The number of rotatable bonds is 7. The van der Waals surface area contributed by atoms with E-state index in [1.807, 2.05) is 0 Å². The van der Waals surface area contributed by atoms with Gasteiger partial charge in [0.05, 0.1) is 14.8 Å². The molecule has 0 aromatic heterocycles. The monoisotopic (exact) mass is 479 g/mol. The number of aryl methyl sites for hydroxylation is 2. The van der Waals surface area contributed by atoms with Gasteiger partial charge in [0.2, 0.25) is 0 Å². The Morgan fingerprint density at radius 2 is 1.06 bits per heavy atom. The van der Waals surface area contributed by atoms with Crippen LogP contribution >= 0.6 is 0 Å². The molecular weight excluding hydrogens is 462 g/mol. The van der Waals surface area contributed by atoms with Crippen molar-refractivity contribution in [3.05, 3.63) is 107 Å².